The summed E-state index contributed by atoms with van der Waals surface area (Å²) in [6.45, 7) is 2.21. The Labute approximate surface area is 162 Å². The Kier molecular flexibility index (Phi) is 21.4. The maximum atomic E-state index is 10.6. The molecule has 0 atom stereocenters. The lowest BCUT2D eigenvalue weighted by molar-refractivity contribution is -0.118. The minimum Gasteiger partial charge on any atom is -0.380 e. The Morgan fingerprint density at radius 2 is 1.12 bits per heavy atom. The first-order chi connectivity index (χ1) is 12.8. The van der Waals surface area contributed by atoms with Crippen molar-refractivity contribution in [3.05, 3.63) is 12.2 Å². The molecule has 4 nitrogen and oxygen atoms in total. The fraction of sp³-hybridized carbons (Fsp3) is 0.864. The van der Waals surface area contributed by atoms with Crippen LogP contribution in [0.1, 0.15) is 103 Å². The van der Waals surface area contributed by atoms with Gasteiger partial charge in [0.1, 0.15) is 0 Å². The number of hydrogen-bond donors (Lipinski definition) is 2. The smallest absolute Gasteiger partial charge is 0.217 e. The van der Waals surface area contributed by atoms with Crippen LogP contribution < -0.4 is 11.5 Å². The highest BCUT2D eigenvalue weighted by atomic mass is 16.5. The van der Waals surface area contributed by atoms with Crippen LogP contribution in [0.5, 0.6) is 0 Å². The fourth-order valence-electron chi connectivity index (χ4n) is 3.04. The van der Waals surface area contributed by atoms with E-state index in [4.69, 9.17) is 16.2 Å². The lowest BCUT2D eigenvalue weighted by atomic mass is 10.1. The van der Waals surface area contributed by atoms with Gasteiger partial charge in [-0.3, -0.25) is 4.79 Å². The van der Waals surface area contributed by atoms with E-state index in [1.54, 1.807) is 0 Å². The van der Waals surface area contributed by atoms with E-state index in [0.29, 0.717) is 19.6 Å². The van der Waals surface area contributed by atoms with E-state index in [1.807, 2.05) is 0 Å². The van der Waals surface area contributed by atoms with Crippen molar-refractivity contribution in [3.8, 4) is 0 Å². The van der Waals surface area contributed by atoms with Crippen LogP contribution in [0.4, 0.5) is 0 Å². The molecule has 0 saturated carbocycles. The number of carbonyl (C=O) groups is 1. The van der Waals surface area contributed by atoms with Gasteiger partial charge >= 0.3 is 0 Å². The molecule has 0 saturated heterocycles. The number of primary amides is 1. The Balaban J connectivity index is 3.07. The van der Waals surface area contributed by atoms with Gasteiger partial charge in [0, 0.05) is 19.6 Å². The third kappa shape index (κ3) is 23.1. The van der Waals surface area contributed by atoms with Crippen LogP contribution in [0.25, 0.3) is 0 Å². The van der Waals surface area contributed by atoms with Gasteiger partial charge in [-0.2, -0.15) is 0 Å². The summed E-state index contributed by atoms with van der Waals surface area (Å²) in [7, 11) is 0. The van der Waals surface area contributed by atoms with E-state index in [1.165, 1.54) is 83.5 Å². The topological polar surface area (TPSA) is 78.3 Å². The fourth-order valence-corrected chi connectivity index (χ4v) is 3.04. The van der Waals surface area contributed by atoms with Gasteiger partial charge in [0.15, 0.2) is 0 Å². The third-order valence-corrected chi connectivity index (χ3v) is 4.63. The average molecular weight is 369 g/mol. The first-order valence-corrected chi connectivity index (χ1v) is 11.0. The van der Waals surface area contributed by atoms with E-state index in [9.17, 15) is 4.79 Å². The summed E-state index contributed by atoms with van der Waals surface area (Å²) in [5.41, 5.74) is 10.5. The van der Waals surface area contributed by atoms with Gasteiger partial charge in [0.25, 0.3) is 0 Å². The molecule has 0 aromatic carbocycles. The van der Waals surface area contributed by atoms with Crippen molar-refractivity contribution in [1.29, 1.82) is 0 Å². The van der Waals surface area contributed by atoms with Crippen molar-refractivity contribution >= 4 is 5.91 Å². The van der Waals surface area contributed by atoms with Gasteiger partial charge in [-0.1, -0.05) is 69.9 Å². The quantitative estimate of drug-likeness (QED) is 0.215. The van der Waals surface area contributed by atoms with Crippen LogP contribution in [0.3, 0.4) is 0 Å². The highest BCUT2D eigenvalue weighted by Gasteiger charge is 1.95. The van der Waals surface area contributed by atoms with Crippen molar-refractivity contribution in [2.24, 2.45) is 11.5 Å². The second kappa shape index (κ2) is 22.2. The van der Waals surface area contributed by atoms with Gasteiger partial charge < -0.3 is 16.2 Å². The van der Waals surface area contributed by atoms with Crippen LogP contribution in [-0.2, 0) is 9.53 Å². The van der Waals surface area contributed by atoms with Gasteiger partial charge in [0.2, 0.25) is 5.91 Å². The molecule has 0 radical (unpaired) electrons. The molecule has 0 bridgehead atoms. The molecule has 0 aliphatic heterocycles. The molecule has 1 amide bonds. The van der Waals surface area contributed by atoms with Crippen molar-refractivity contribution < 1.29 is 9.53 Å². The van der Waals surface area contributed by atoms with Crippen molar-refractivity contribution in [1.82, 2.24) is 0 Å². The number of amides is 1. The Morgan fingerprint density at radius 1 is 0.654 bits per heavy atom. The summed E-state index contributed by atoms with van der Waals surface area (Å²) in [6, 6.07) is 0. The molecule has 0 aliphatic carbocycles. The van der Waals surface area contributed by atoms with Crippen LogP contribution >= 0.6 is 0 Å². The molecule has 4 N–H and O–H groups in total. The van der Waals surface area contributed by atoms with E-state index in [0.717, 1.165) is 19.4 Å². The number of allylic oxidation sites excluding steroid dienone is 2. The molecule has 0 fully saturated rings. The molecular formula is C22H44N2O2. The zero-order valence-corrected chi connectivity index (χ0v) is 17.1. The third-order valence-electron chi connectivity index (χ3n) is 4.63. The second-order valence-corrected chi connectivity index (χ2v) is 7.26. The molecule has 0 rings (SSSR count). The monoisotopic (exact) mass is 368 g/mol. The predicted molar refractivity (Wildman–Crippen MR) is 112 cm³/mol. The summed E-state index contributed by atoms with van der Waals surface area (Å²) >= 11 is 0. The number of nitrogens with two attached hydrogens (primary N) is 2. The SMILES string of the molecule is NCCOCCCCCCCCCC/C=C\CCCCCCCC(N)=O. The molecule has 0 unspecified atom stereocenters. The molecule has 0 spiro atoms. The standard InChI is InChI=1S/C22H44N2O2/c23-19-21-26-20-17-15-13-11-9-7-5-3-1-2-4-6-8-10-12-14-16-18-22(24)25/h2,4H,1,3,5-21,23H2,(H2,24,25)/b4-2-. The zero-order chi connectivity index (χ0) is 19.1. The summed E-state index contributed by atoms with van der Waals surface area (Å²) in [4.78, 5) is 10.6. The van der Waals surface area contributed by atoms with Gasteiger partial charge in [-0.05, 0) is 38.5 Å². The van der Waals surface area contributed by atoms with Crippen LogP contribution in [0.2, 0.25) is 0 Å². The molecular weight excluding hydrogens is 324 g/mol. The van der Waals surface area contributed by atoms with Gasteiger partial charge in [0.05, 0.1) is 6.61 Å². The van der Waals surface area contributed by atoms with Crippen molar-refractivity contribution in [2.45, 2.75) is 103 Å². The van der Waals surface area contributed by atoms with E-state index in [2.05, 4.69) is 12.2 Å². The highest BCUT2D eigenvalue weighted by Crippen LogP contribution is 2.11. The largest absolute Gasteiger partial charge is 0.380 e. The summed E-state index contributed by atoms with van der Waals surface area (Å²) < 4.78 is 5.37. The molecule has 0 aromatic rings. The minimum absolute atomic E-state index is 0.169. The molecule has 4 heteroatoms. The maximum absolute atomic E-state index is 10.6. The second-order valence-electron chi connectivity index (χ2n) is 7.26. The lowest BCUT2D eigenvalue weighted by Gasteiger charge is -2.03. The molecule has 154 valence electrons. The zero-order valence-electron chi connectivity index (χ0n) is 17.1. The number of rotatable bonds is 21. The Bertz CT molecular complexity index is 319. The number of unbranched alkanes of at least 4 members (excludes halogenated alkanes) is 13. The summed E-state index contributed by atoms with van der Waals surface area (Å²) in [6.07, 6.45) is 24.2. The van der Waals surface area contributed by atoms with Crippen molar-refractivity contribution in [2.75, 3.05) is 19.8 Å². The lowest BCUT2D eigenvalue weighted by Crippen LogP contribution is -2.09. The van der Waals surface area contributed by atoms with Gasteiger partial charge in [-0.25, -0.2) is 0 Å². The molecule has 0 heterocycles. The maximum Gasteiger partial charge on any atom is 0.217 e. The summed E-state index contributed by atoms with van der Waals surface area (Å²) in [5.74, 6) is -0.169. The van der Waals surface area contributed by atoms with Gasteiger partial charge in [-0.15, -0.1) is 0 Å². The van der Waals surface area contributed by atoms with E-state index >= 15 is 0 Å². The average Bonchev–Trinajstić information content (AvgIpc) is 2.62. The Hall–Kier alpha value is -0.870. The molecule has 26 heavy (non-hydrogen) atoms. The number of carbonyl (C=O) groups excluding carboxylic acids is 1. The van der Waals surface area contributed by atoms with Crippen LogP contribution in [-0.4, -0.2) is 25.7 Å². The predicted octanol–water partition coefficient (Wildman–Crippen LogP) is 5.24. The van der Waals surface area contributed by atoms with E-state index in [-0.39, 0.29) is 5.91 Å². The van der Waals surface area contributed by atoms with Crippen LogP contribution in [0.15, 0.2) is 12.2 Å². The first kappa shape index (κ1) is 25.1. The summed E-state index contributed by atoms with van der Waals surface area (Å²) in [5, 5.41) is 0. The van der Waals surface area contributed by atoms with E-state index < -0.39 is 0 Å². The van der Waals surface area contributed by atoms with Crippen LogP contribution in [0, 0.1) is 0 Å². The normalized spacial score (nSPS) is 11.4. The highest BCUT2D eigenvalue weighted by molar-refractivity contribution is 5.73. The first-order valence-electron chi connectivity index (χ1n) is 11.0. The molecule has 0 aliphatic rings. The Morgan fingerprint density at radius 3 is 1.62 bits per heavy atom. The number of hydrogen-bond acceptors (Lipinski definition) is 3. The minimum atomic E-state index is -0.169. The van der Waals surface area contributed by atoms with Crippen molar-refractivity contribution in [3.63, 3.8) is 0 Å². The molecule has 0 aromatic heterocycles. The number of ether oxygens (including phenoxy) is 1.